The summed E-state index contributed by atoms with van der Waals surface area (Å²) in [6.45, 7) is 0.997. The van der Waals surface area contributed by atoms with Gasteiger partial charge in [-0.2, -0.15) is 13.2 Å². The summed E-state index contributed by atoms with van der Waals surface area (Å²) in [5, 5.41) is 9.65. The number of carboxylic acid groups (broad SMARTS) is 1. The first-order chi connectivity index (χ1) is 19.2. The van der Waals surface area contributed by atoms with E-state index in [1.807, 2.05) is 4.90 Å². The van der Waals surface area contributed by atoms with Crippen molar-refractivity contribution in [1.29, 1.82) is 0 Å². The van der Waals surface area contributed by atoms with Crippen molar-refractivity contribution >= 4 is 23.2 Å². The van der Waals surface area contributed by atoms with E-state index < -0.39 is 17.7 Å². The van der Waals surface area contributed by atoms with Gasteiger partial charge in [0.25, 0.3) is 5.91 Å². The first-order valence-electron chi connectivity index (χ1n) is 13.3. The molecular formula is C29H28F3N3O4S. The third kappa shape index (κ3) is 5.08. The number of amides is 1. The molecule has 1 amide bonds. The number of carboxylic acids is 1. The number of halogens is 3. The number of carbonyl (C=O) groups is 2. The minimum atomic E-state index is -4.43. The van der Waals surface area contributed by atoms with E-state index >= 15 is 0 Å². The summed E-state index contributed by atoms with van der Waals surface area (Å²) < 4.78 is 44.8. The number of hydrogen-bond acceptors (Lipinski definition) is 6. The van der Waals surface area contributed by atoms with Crippen LogP contribution in [0.3, 0.4) is 0 Å². The standard InChI is InChI=1S/C20H20F3N3OS.C9H8O3/c21-20(22,23)13-3-1-2-11(6-13)17-16(25-18(28-17)10-4-5-10)19(27)26-14(9-24)7-12-8-15(12)26;10-9(11)7-2-1-3-8-6(7)4-5-12-8/h1-3,6,10,12,14-15H,4-5,7-9,24H2;1-3H,4-5H2,(H,10,11)/t12-,14+,15+;/m1./s1. The maximum Gasteiger partial charge on any atom is 0.416 e. The Labute approximate surface area is 232 Å². The minimum absolute atomic E-state index is 0.00307. The Morgan fingerprint density at radius 1 is 1.15 bits per heavy atom. The van der Waals surface area contributed by atoms with E-state index in [-0.39, 0.29) is 23.7 Å². The highest BCUT2D eigenvalue weighted by atomic mass is 32.1. The lowest BCUT2D eigenvalue weighted by Crippen LogP contribution is -2.42. The largest absolute Gasteiger partial charge is 0.493 e. The number of aromatic carboxylic acids is 1. The van der Waals surface area contributed by atoms with Crippen molar-refractivity contribution in [3.05, 3.63) is 69.9 Å². The second kappa shape index (κ2) is 10.2. The van der Waals surface area contributed by atoms with Gasteiger partial charge in [0.1, 0.15) is 11.4 Å². The number of benzene rings is 2. The second-order valence-electron chi connectivity index (χ2n) is 10.7. The van der Waals surface area contributed by atoms with Gasteiger partial charge >= 0.3 is 12.1 Å². The number of aromatic nitrogens is 1. The average molecular weight is 572 g/mol. The molecular weight excluding hydrogens is 543 g/mol. The van der Waals surface area contributed by atoms with Gasteiger partial charge in [0.05, 0.1) is 27.6 Å². The molecule has 3 N–H and O–H groups in total. The molecule has 2 aliphatic carbocycles. The van der Waals surface area contributed by atoms with Crippen molar-refractivity contribution in [3.8, 4) is 16.2 Å². The molecule has 1 aromatic heterocycles. The van der Waals surface area contributed by atoms with E-state index in [4.69, 9.17) is 15.6 Å². The van der Waals surface area contributed by atoms with Crippen molar-refractivity contribution in [1.82, 2.24) is 9.88 Å². The van der Waals surface area contributed by atoms with Crippen LogP contribution in [0.25, 0.3) is 10.4 Å². The molecule has 0 bridgehead atoms. The number of likely N-dealkylation sites (tertiary alicyclic amines) is 1. The Kier molecular flexibility index (Phi) is 6.82. The number of nitrogens with two attached hydrogens (primary N) is 1. The van der Waals surface area contributed by atoms with Crippen LogP contribution in [-0.2, 0) is 12.6 Å². The fourth-order valence-corrected chi connectivity index (χ4v) is 6.87. The van der Waals surface area contributed by atoms with Gasteiger partial charge in [0.2, 0.25) is 0 Å². The van der Waals surface area contributed by atoms with Crippen LogP contribution in [0.15, 0.2) is 42.5 Å². The molecule has 7 rings (SSSR count). The molecule has 7 nitrogen and oxygen atoms in total. The number of carbonyl (C=O) groups excluding carboxylic acids is 1. The fraction of sp³-hybridized carbons (Fsp3) is 0.414. The zero-order chi connectivity index (χ0) is 28.2. The van der Waals surface area contributed by atoms with E-state index in [1.165, 1.54) is 17.4 Å². The molecule has 3 aromatic rings. The summed E-state index contributed by atoms with van der Waals surface area (Å²) in [6, 6.07) is 10.5. The van der Waals surface area contributed by atoms with E-state index in [0.29, 0.717) is 47.4 Å². The lowest BCUT2D eigenvalue weighted by Gasteiger charge is -2.26. The first-order valence-corrected chi connectivity index (χ1v) is 14.2. The van der Waals surface area contributed by atoms with Gasteiger partial charge in [-0.05, 0) is 61.4 Å². The molecule has 4 aliphatic rings. The van der Waals surface area contributed by atoms with Crippen LogP contribution >= 0.6 is 11.3 Å². The van der Waals surface area contributed by atoms with E-state index in [2.05, 4.69) is 4.98 Å². The van der Waals surface area contributed by atoms with Gasteiger partial charge < -0.3 is 20.5 Å². The maximum atomic E-state index is 13.4. The molecule has 3 heterocycles. The van der Waals surface area contributed by atoms with Crippen LogP contribution in [-0.4, -0.2) is 52.1 Å². The van der Waals surface area contributed by atoms with Crippen LogP contribution in [0.2, 0.25) is 0 Å². The molecule has 0 unspecified atom stereocenters. The zero-order valence-corrected chi connectivity index (χ0v) is 22.3. The number of thiazole rings is 1. The van der Waals surface area contributed by atoms with Crippen molar-refractivity contribution < 1.29 is 32.6 Å². The molecule has 40 heavy (non-hydrogen) atoms. The Hall–Kier alpha value is -3.44. The van der Waals surface area contributed by atoms with Crippen molar-refractivity contribution in [3.63, 3.8) is 0 Å². The third-order valence-corrected chi connectivity index (χ3v) is 9.18. The topological polar surface area (TPSA) is 106 Å². The Morgan fingerprint density at radius 2 is 1.93 bits per heavy atom. The molecule has 210 valence electrons. The van der Waals surface area contributed by atoms with Gasteiger partial charge in [-0.1, -0.05) is 18.2 Å². The molecule has 2 aromatic carbocycles. The molecule has 0 radical (unpaired) electrons. The lowest BCUT2D eigenvalue weighted by atomic mass is 10.1. The van der Waals surface area contributed by atoms with E-state index in [0.717, 1.165) is 54.1 Å². The van der Waals surface area contributed by atoms with E-state index in [9.17, 15) is 22.8 Å². The molecule has 3 fully saturated rings. The molecule has 0 spiro atoms. The number of piperidine rings is 1. The van der Waals surface area contributed by atoms with Gasteiger partial charge in [-0.25, -0.2) is 9.78 Å². The molecule has 3 atom stereocenters. The number of fused-ring (bicyclic) bond motifs is 2. The Bertz CT molecular complexity index is 1470. The fourth-order valence-electron chi connectivity index (χ4n) is 5.65. The van der Waals surface area contributed by atoms with Gasteiger partial charge in [0.15, 0.2) is 0 Å². The van der Waals surface area contributed by atoms with Crippen molar-refractivity contribution in [2.75, 3.05) is 13.2 Å². The third-order valence-electron chi connectivity index (χ3n) is 7.92. The van der Waals surface area contributed by atoms with Crippen molar-refractivity contribution in [2.45, 2.75) is 56.3 Å². The number of rotatable bonds is 5. The number of nitrogens with zero attached hydrogens (tertiary/aromatic N) is 2. The van der Waals surface area contributed by atoms with Gasteiger partial charge in [-0.3, -0.25) is 4.79 Å². The highest BCUT2D eigenvalue weighted by Gasteiger charge is 2.54. The van der Waals surface area contributed by atoms with Gasteiger partial charge in [-0.15, -0.1) is 11.3 Å². The number of hydrogen-bond donors (Lipinski definition) is 2. The molecule has 1 saturated heterocycles. The number of ether oxygens (including phenoxy) is 1. The molecule has 2 aliphatic heterocycles. The predicted octanol–water partition coefficient (Wildman–Crippen LogP) is 5.59. The predicted molar refractivity (Wildman–Crippen MR) is 143 cm³/mol. The highest BCUT2D eigenvalue weighted by Crippen LogP contribution is 2.50. The van der Waals surface area contributed by atoms with Crippen LogP contribution in [0.5, 0.6) is 5.75 Å². The van der Waals surface area contributed by atoms with Gasteiger partial charge in [0, 0.05) is 36.5 Å². The first kappa shape index (κ1) is 26.8. The normalized spacial score (nSPS) is 22.6. The Balaban J connectivity index is 0.000000201. The molecule has 11 heteroatoms. The van der Waals surface area contributed by atoms with E-state index in [1.54, 1.807) is 24.3 Å². The Morgan fingerprint density at radius 3 is 2.62 bits per heavy atom. The zero-order valence-electron chi connectivity index (χ0n) is 21.5. The minimum Gasteiger partial charge on any atom is -0.493 e. The SMILES string of the molecule is NC[C@@H]1C[C@@H]2C[C@@H]2N1C(=O)c1nc(C2CC2)sc1-c1cccc(C(F)(F)F)c1.O=C(O)c1cccc2c1CCO2. The van der Waals surface area contributed by atoms with Crippen LogP contribution in [0.4, 0.5) is 13.2 Å². The summed E-state index contributed by atoms with van der Waals surface area (Å²) in [5.74, 6) is 0.493. The quantitative estimate of drug-likeness (QED) is 0.414. The summed E-state index contributed by atoms with van der Waals surface area (Å²) in [5.41, 5.74) is 7.03. The monoisotopic (exact) mass is 571 g/mol. The molecule has 2 saturated carbocycles. The van der Waals surface area contributed by atoms with Crippen LogP contribution < -0.4 is 10.5 Å². The lowest BCUT2D eigenvalue weighted by molar-refractivity contribution is -0.137. The summed E-state index contributed by atoms with van der Waals surface area (Å²) in [7, 11) is 0. The summed E-state index contributed by atoms with van der Waals surface area (Å²) in [6.07, 6.45) is 0.209. The van der Waals surface area contributed by atoms with Crippen LogP contribution in [0, 0.1) is 5.92 Å². The summed E-state index contributed by atoms with van der Waals surface area (Å²) in [4.78, 5) is 31.1. The van der Waals surface area contributed by atoms with Crippen LogP contribution in [0.1, 0.15) is 68.6 Å². The smallest absolute Gasteiger partial charge is 0.416 e. The summed E-state index contributed by atoms with van der Waals surface area (Å²) >= 11 is 1.36. The highest BCUT2D eigenvalue weighted by molar-refractivity contribution is 7.15. The number of alkyl halides is 3. The maximum absolute atomic E-state index is 13.4. The second-order valence-corrected chi connectivity index (χ2v) is 11.7. The van der Waals surface area contributed by atoms with Crippen molar-refractivity contribution in [2.24, 2.45) is 11.7 Å². The average Bonchev–Trinajstić information content (AvgIpc) is 3.78.